The molecule has 1 aliphatic rings. The second kappa shape index (κ2) is 6.57. The summed E-state index contributed by atoms with van der Waals surface area (Å²) in [5.74, 6) is -3.66. The van der Waals surface area contributed by atoms with Crippen LogP contribution in [0.1, 0.15) is 29.5 Å². The van der Waals surface area contributed by atoms with Gasteiger partial charge in [0.05, 0.1) is 11.5 Å². The van der Waals surface area contributed by atoms with Crippen molar-refractivity contribution in [3.63, 3.8) is 0 Å². The monoisotopic (exact) mass is 397 g/mol. The number of carbonyl (C=O) groups excluding carboxylic acids is 1. The lowest BCUT2D eigenvalue weighted by Gasteiger charge is -2.41. The SMILES string of the molecule is CN1C(=O)[C@@H](c2ccc(C(F)(F)F)cc2)[C@@](C)(c2ccc(F)cc2F)N=C1N. The largest absolute Gasteiger partial charge is 0.416 e. The Morgan fingerprint density at radius 1 is 1.11 bits per heavy atom. The summed E-state index contributed by atoms with van der Waals surface area (Å²) in [5, 5.41) is 0. The van der Waals surface area contributed by atoms with Gasteiger partial charge in [0.1, 0.15) is 17.2 Å². The van der Waals surface area contributed by atoms with E-state index in [2.05, 4.69) is 4.99 Å². The number of likely N-dealkylation sites (N-methyl/N-ethyl adjacent to an activating group) is 1. The van der Waals surface area contributed by atoms with Crippen LogP contribution in [0.15, 0.2) is 47.5 Å². The van der Waals surface area contributed by atoms with E-state index < -0.39 is 40.7 Å². The van der Waals surface area contributed by atoms with Gasteiger partial charge >= 0.3 is 6.18 Å². The van der Waals surface area contributed by atoms with Gasteiger partial charge in [-0.1, -0.05) is 18.2 Å². The lowest BCUT2D eigenvalue weighted by molar-refractivity contribution is -0.137. The molecule has 1 amide bonds. The van der Waals surface area contributed by atoms with Crippen molar-refractivity contribution in [3.05, 3.63) is 70.8 Å². The van der Waals surface area contributed by atoms with E-state index in [1.165, 1.54) is 14.0 Å². The average Bonchev–Trinajstić information content (AvgIpc) is 2.59. The fourth-order valence-corrected chi connectivity index (χ4v) is 3.37. The van der Waals surface area contributed by atoms with E-state index in [1.807, 2.05) is 0 Å². The molecule has 0 spiro atoms. The van der Waals surface area contributed by atoms with Crippen LogP contribution in [-0.4, -0.2) is 23.8 Å². The van der Waals surface area contributed by atoms with Crippen LogP contribution < -0.4 is 5.73 Å². The van der Waals surface area contributed by atoms with Gasteiger partial charge in [0.2, 0.25) is 5.91 Å². The third kappa shape index (κ3) is 3.21. The van der Waals surface area contributed by atoms with Crippen LogP contribution in [0.2, 0.25) is 0 Å². The topological polar surface area (TPSA) is 58.7 Å². The number of carbonyl (C=O) groups is 1. The number of alkyl halides is 3. The minimum absolute atomic E-state index is 0.0943. The van der Waals surface area contributed by atoms with Gasteiger partial charge in [-0.3, -0.25) is 9.69 Å². The number of hydrogen-bond donors (Lipinski definition) is 1. The first-order valence-electron chi connectivity index (χ1n) is 8.20. The lowest BCUT2D eigenvalue weighted by Crippen LogP contribution is -2.52. The Morgan fingerprint density at radius 3 is 2.25 bits per heavy atom. The zero-order valence-corrected chi connectivity index (χ0v) is 14.9. The van der Waals surface area contributed by atoms with Crippen LogP contribution in [-0.2, 0) is 16.5 Å². The van der Waals surface area contributed by atoms with Crippen LogP contribution in [0, 0.1) is 11.6 Å². The second-order valence-electron chi connectivity index (χ2n) is 6.69. The van der Waals surface area contributed by atoms with Gasteiger partial charge in [-0.25, -0.2) is 13.8 Å². The molecule has 9 heteroatoms. The molecule has 0 aliphatic carbocycles. The standard InChI is InChI=1S/C19H16F5N3O/c1-18(13-8-7-12(20)9-14(13)21)15(16(28)27(2)17(25)26-18)10-3-5-11(6-4-10)19(22,23)24/h3-9,15H,1-2H3,(H2,25,26)/t15-,18-/m1/s1. The van der Waals surface area contributed by atoms with Crippen LogP contribution in [0.5, 0.6) is 0 Å². The Morgan fingerprint density at radius 2 is 1.71 bits per heavy atom. The maximum atomic E-state index is 14.5. The minimum atomic E-state index is -4.54. The molecule has 2 aromatic rings. The highest BCUT2D eigenvalue weighted by Crippen LogP contribution is 2.45. The summed E-state index contributed by atoms with van der Waals surface area (Å²) in [6.45, 7) is 1.43. The van der Waals surface area contributed by atoms with Crippen molar-refractivity contribution in [2.45, 2.75) is 24.6 Å². The number of hydrogen-bond acceptors (Lipinski definition) is 3. The smallest absolute Gasteiger partial charge is 0.369 e. The Bertz CT molecular complexity index is 955. The Labute approximate surface area is 157 Å². The van der Waals surface area contributed by atoms with Crippen LogP contribution in [0.4, 0.5) is 22.0 Å². The van der Waals surface area contributed by atoms with Crippen LogP contribution in [0.3, 0.4) is 0 Å². The number of amides is 1. The van der Waals surface area contributed by atoms with Crippen LogP contribution in [0.25, 0.3) is 0 Å². The fourth-order valence-electron chi connectivity index (χ4n) is 3.37. The number of rotatable bonds is 2. The molecule has 2 aromatic carbocycles. The van der Waals surface area contributed by atoms with E-state index in [-0.39, 0.29) is 17.1 Å². The molecule has 1 heterocycles. The first-order valence-corrected chi connectivity index (χ1v) is 8.20. The summed E-state index contributed by atoms with van der Waals surface area (Å²) < 4.78 is 66.4. The molecule has 2 N–H and O–H groups in total. The normalized spacial score (nSPS) is 23.0. The van der Waals surface area contributed by atoms with Gasteiger partial charge in [0, 0.05) is 18.7 Å². The second-order valence-corrected chi connectivity index (χ2v) is 6.69. The lowest BCUT2D eigenvalue weighted by atomic mass is 9.74. The minimum Gasteiger partial charge on any atom is -0.369 e. The van der Waals surface area contributed by atoms with E-state index in [0.717, 1.165) is 41.3 Å². The number of halogens is 5. The molecule has 1 aliphatic heterocycles. The van der Waals surface area contributed by atoms with Crippen molar-refractivity contribution >= 4 is 11.9 Å². The maximum absolute atomic E-state index is 14.5. The van der Waals surface area contributed by atoms with E-state index in [0.29, 0.717) is 6.07 Å². The van der Waals surface area contributed by atoms with Crippen molar-refractivity contribution in [1.29, 1.82) is 0 Å². The van der Waals surface area contributed by atoms with Crippen molar-refractivity contribution in [3.8, 4) is 0 Å². The summed E-state index contributed by atoms with van der Waals surface area (Å²) >= 11 is 0. The zero-order chi connectivity index (χ0) is 20.9. The van der Waals surface area contributed by atoms with Gasteiger partial charge < -0.3 is 5.73 Å². The maximum Gasteiger partial charge on any atom is 0.416 e. The molecule has 0 unspecified atom stereocenters. The molecule has 0 radical (unpaired) electrons. The van der Waals surface area contributed by atoms with Gasteiger partial charge in [-0.05, 0) is 30.7 Å². The number of aliphatic imine (C=N–C) groups is 1. The zero-order valence-electron chi connectivity index (χ0n) is 14.9. The summed E-state index contributed by atoms with van der Waals surface area (Å²) in [5.41, 5.74) is 3.44. The Kier molecular flexibility index (Phi) is 4.64. The molecule has 0 saturated carbocycles. The molecule has 4 nitrogen and oxygen atoms in total. The summed E-state index contributed by atoms with van der Waals surface area (Å²) in [6.07, 6.45) is -4.54. The van der Waals surface area contributed by atoms with Gasteiger partial charge in [-0.15, -0.1) is 0 Å². The van der Waals surface area contributed by atoms with E-state index in [4.69, 9.17) is 5.73 Å². The molecular weight excluding hydrogens is 381 g/mol. The van der Waals surface area contributed by atoms with E-state index >= 15 is 0 Å². The van der Waals surface area contributed by atoms with E-state index in [9.17, 15) is 26.7 Å². The van der Waals surface area contributed by atoms with Crippen LogP contribution >= 0.6 is 0 Å². The predicted octanol–water partition coefficient (Wildman–Crippen LogP) is 3.77. The predicted molar refractivity (Wildman–Crippen MR) is 92.3 cm³/mol. The quantitative estimate of drug-likeness (QED) is 0.785. The third-order valence-corrected chi connectivity index (χ3v) is 4.88. The van der Waals surface area contributed by atoms with Gasteiger partial charge in [0.25, 0.3) is 0 Å². The highest BCUT2D eigenvalue weighted by Gasteiger charge is 2.48. The van der Waals surface area contributed by atoms with Crippen molar-refractivity contribution < 1.29 is 26.7 Å². The Hall–Kier alpha value is -2.97. The fraction of sp³-hybridized carbons (Fsp3) is 0.263. The first-order chi connectivity index (χ1) is 12.9. The highest BCUT2D eigenvalue weighted by atomic mass is 19.4. The molecule has 148 valence electrons. The van der Waals surface area contributed by atoms with Gasteiger partial charge in [0.15, 0.2) is 5.96 Å². The van der Waals surface area contributed by atoms with Gasteiger partial charge in [-0.2, -0.15) is 13.2 Å². The average molecular weight is 397 g/mol. The van der Waals surface area contributed by atoms with Crippen molar-refractivity contribution in [2.75, 3.05) is 7.05 Å². The summed E-state index contributed by atoms with van der Waals surface area (Å²) in [4.78, 5) is 18.2. The number of benzene rings is 2. The molecule has 0 aromatic heterocycles. The summed E-state index contributed by atoms with van der Waals surface area (Å²) in [6, 6.07) is 6.79. The number of guanidine groups is 1. The molecule has 28 heavy (non-hydrogen) atoms. The molecule has 2 atom stereocenters. The third-order valence-electron chi connectivity index (χ3n) is 4.88. The molecule has 0 saturated heterocycles. The molecule has 0 fully saturated rings. The Balaban J connectivity index is 2.19. The molecule has 3 rings (SSSR count). The number of nitrogens with zero attached hydrogens (tertiary/aromatic N) is 2. The molecular formula is C19H16F5N3O. The highest BCUT2D eigenvalue weighted by molar-refractivity contribution is 6.02. The summed E-state index contributed by atoms with van der Waals surface area (Å²) in [7, 11) is 1.36. The first kappa shape index (κ1) is 19.8. The van der Waals surface area contributed by atoms with Crippen molar-refractivity contribution in [2.24, 2.45) is 10.7 Å². The van der Waals surface area contributed by atoms with Crippen molar-refractivity contribution in [1.82, 2.24) is 4.90 Å². The number of nitrogens with two attached hydrogens (primary N) is 1. The van der Waals surface area contributed by atoms with E-state index in [1.54, 1.807) is 0 Å². The molecule has 0 bridgehead atoms.